The molecule has 1 fully saturated rings. The first-order valence-electron chi connectivity index (χ1n) is 7.65. The molecule has 1 aliphatic rings. The van der Waals surface area contributed by atoms with E-state index >= 15 is 0 Å². The van der Waals surface area contributed by atoms with Crippen molar-refractivity contribution in [2.45, 2.75) is 51.5 Å². The molecule has 2 rings (SSSR count). The van der Waals surface area contributed by atoms with E-state index in [2.05, 4.69) is 45.1 Å². The molecular weight excluding hydrogens is 264 g/mol. The number of ether oxygens (including phenoxy) is 1. The number of benzene rings is 1. The summed E-state index contributed by atoms with van der Waals surface area (Å²) < 4.78 is 5.26. The Kier molecular flexibility index (Phi) is 4.69. The van der Waals surface area contributed by atoms with Crippen molar-refractivity contribution in [3.05, 3.63) is 29.3 Å². The maximum absolute atomic E-state index is 12.4. The van der Waals surface area contributed by atoms with Gasteiger partial charge in [0, 0.05) is 12.3 Å². The Bertz CT molecular complexity index is 518. The number of nitrogens with one attached hydrogen (secondary N) is 1. The smallest absolute Gasteiger partial charge is 0.246 e. The first-order chi connectivity index (χ1) is 9.83. The van der Waals surface area contributed by atoms with Crippen LogP contribution in [0.5, 0.6) is 0 Å². The normalized spacial score (nSPS) is 22.0. The summed E-state index contributed by atoms with van der Waals surface area (Å²) in [6.07, 6.45) is 0.569. The summed E-state index contributed by atoms with van der Waals surface area (Å²) in [6, 6.07) is 6.24. The number of rotatable bonds is 4. The predicted octanol–water partition coefficient (Wildman–Crippen LogP) is 2.99. The van der Waals surface area contributed by atoms with Gasteiger partial charge in [-0.2, -0.15) is 0 Å². The lowest BCUT2D eigenvalue weighted by molar-refractivity contribution is -0.121. The van der Waals surface area contributed by atoms with Gasteiger partial charge < -0.3 is 15.8 Å². The first kappa shape index (κ1) is 16.0. The minimum Gasteiger partial charge on any atom is -0.379 e. The van der Waals surface area contributed by atoms with Gasteiger partial charge in [-0.05, 0) is 35.4 Å². The van der Waals surface area contributed by atoms with Gasteiger partial charge in [-0.3, -0.25) is 4.79 Å². The zero-order chi connectivity index (χ0) is 15.6. The van der Waals surface area contributed by atoms with Crippen molar-refractivity contribution >= 4 is 11.6 Å². The van der Waals surface area contributed by atoms with Crippen LogP contribution in [-0.4, -0.2) is 24.7 Å². The largest absolute Gasteiger partial charge is 0.379 e. The lowest BCUT2D eigenvalue weighted by Gasteiger charge is -2.23. The Balaban J connectivity index is 2.25. The van der Waals surface area contributed by atoms with Crippen LogP contribution in [0.2, 0.25) is 0 Å². The fraction of sp³-hybridized carbons (Fsp3) is 0.588. The van der Waals surface area contributed by atoms with Crippen LogP contribution in [0, 0.1) is 0 Å². The molecule has 0 saturated carbocycles. The second-order valence-corrected chi connectivity index (χ2v) is 6.57. The van der Waals surface area contributed by atoms with Crippen LogP contribution >= 0.6 is 0 Å². The lowest BCUT2D eigenvalue weighted by Crippen LogP contribution is -2.51. The summed E-state index contributed by atoms with van der Waals surface area (Å²) in [5, 5.41) is 3.00. The molecule has 4 nitrogen and oxygen atoms in total. The van der Waals surface area contributed by atoms with E-state index in [0.717, 1.165) is 11.3 Å². The molecular formula is C17H26N2O2. The molecule has 4 heteroatoms. The third kappa shape index (κ3) is 3.44. The lowest BCUT2D eigenvalue weighted by atomic mass is 9.93. The molecule has 116 valence electrons. The Hall–Kier alpha value is -1.39. The summed E-state index contributed by atoms with van der Waals surface area (Å²) in [5.41, 5.74) is 8.51. The quantitative estimate of drug-likeness (QED) is 0.896. The molecule has 0 aliphatic carbocycles. The minimum absolute atomic E-state index is 0.154. The summed E-state index contributed by atoms with van der Waals surface area (Å²) >= 11 is 0. The zero-order valence-corrected chi connectivity index (χ0v) is 13.4. The summed E-state index contributed by atoms with van der Waals surface area (Å²) in [5.74, 6) is 0.656. The van der Waals surface area contributed by atoms with Gasteiger partial charge in [0.2, 0.25) is 5.91 Å². The van der Waals surface area contributed by atoms with Gasteiger partial charge in [0.1, 0.15) is 5.54 Å². The second kappa shape index (κ2) is 6.16. The van der Waals surface area contributed by atoms with Crippen LogP contribution in [0.4, 0.5) is 5.69 Å². The van der Waals surface area contributed by atoms with Crippen molar-refractivity contribution in [3.8, 4) is 0 Å². The average Bonchev–Trinajstić information content (AvgIpc) is 2.87. The van der Waals surface area contributed by atoms with E-state index in [1.54, 1.807) is 0 Å². The minimum atomic E-state index is -0.898. The summed E-state index contributed by atoms with van der Waals surface area (Å²) in [7, 11) is 0. The highest BCUT2D eigenvalue weighted by Crippen LogP contribution is 2.29. The number of anilines is 1. The van der Waals surface area contributed by atoms with Crippen molar-refractivity contribution in [3.63, 3.8) is 0 Å². The van der Waals surface area contributed by atoms with Crippen LogP contribution in [-0.2, 0) is 9.53 Å². The molecule has 3 N–H and O–H groups in total. The Morgan fingerprint density at radius 3 is 2.52 bits per heavy atom. The highest BCUT2D eigenvalue weighted by atomic mass is 16.5. The number of amides is 1. The van der Waals surface area contributed by atoms with Crippen LogP contribution in [0.15, 0.2) is 18.2 Å². The van der Waals surface area contributed by atoms with Gasteiger partial charge in [-0.1, -0.05) is 39.8 Å². The molecule has 0 bridgehead atoms. The van der Waals surface area contributed by atoms with E-state index in [1.807, 2.05) is 6.07 Å². The van der Waals surface area contributed by atoms with Gasteiger partial charge in [0.05, 0.1) is 6.61 Å². The van der Waals surface area contributed by atoms with Gasteiger partial charge >= 0.3 is 0 Å². The van der Waals surface area contributed by atoms with Crippen LogP contribution in [0.3, 0.4) is 0 Å². The summed E-state index contributed by atoms with van der Waals surface area (Å²) in [4.78, 5) is 12.4. The number of hydrogen-bond acceptors (Lipinski definition) is 3. The van der Waals surface area contributed by atoms with E-state index in [4.69, 9.17) is 10.5 Å². The molecule has 1 aromatic rings. The van der Waals surface area contributed by atoms with Crippen LogP contribution < -0.4 is 11.1 Å². The van der Waals surface area contributed by atoms with Gasteiger partial charge in [0.15, 0.2) is 0 Å². The van der Waals surface area contributed by atoms with Crippen molar-refractivity contribution in [1.82, 2.24) is 0 Å². The maximum Gasteiger partial charge on any atom is 0.246 e. The first-order valence-corrected chi connectivity index (χ1v) is 7.65. The standard InChI is InChI=1S/C17H26N2O2/c1-11(2)13-5-6-15(14(9-13)12(3)4)19-16(20)17(18)7-8-21-10-17/h5-6,9,11-12H,7-8,10,18H2,1-4H3,(H,19,20). The highest BCUT2D eigenvalue weighted by Gasteiger charge is 2.38. The molecule has 0 spiro atoms. The molecule has 0 aromatic heterocycles. The Morgan fingerprint density at radius 1 is 1.29 bits per heavy atom. The summed E-state index contributed by atoms with van der Waals surface area (Å²) in [6.45, 7) is 9.44. The fourth-order valence-electron chi connectivity index (χ4n) is 2.54. The molecule has 1 heterocycles. The molecule has 1 atom stereocenters. The molecule has 1 amide bonds. The second-order valence-electron chi connectivity index (χ2n) is 6.57. The Morgan fingerprint density at radius 2 is 2.00 bits per heavy atom. The molecule has 0 radical (unpaired) electrons. The van der Waals surface area contributed by atoms with E-state index in [-0.39, 0.29) is 5.91 Å². The number of nitrogens with two attached hydrogens (primary N) is 1. The van der Waals surface area contributed by atoms with Crippen molar-refractivity contribution < 1.29 is 9.53 Å². The average molecular weight is 290 g/mol. The third-order valence-corrected chi connectivity index (χ3v) is 4.12. The number of carbonyl (C=O) groups is 1. The predicted molar refractivity (Wildman–Crippen MR) is 85.6 cm³/mol. The Labute approximate surface area is 127 Å². The molecule has 1 unspecified atom stereocenters. The van der Waals surface area contributed by atoms with Crippen molar-refractivity contribution in [1.29, 1.82) is 0 Å². The van der Waals surface area contributed by atoms with Crippen LogP contribution in [0.25, 0.3) is 0 Å². The van der Waals surface area contributed by atoms with Gasteiger partial charge in [-0.25, -0.2) is 0 Å². The highest BCUT2D eigenvalue weighted by molar-refractivity contribution is 5.99. The van der Waals surface area contributed by atoms with E-state index in [0.29, 0.717) is 31.5 Å². The molecule has 1 aliphatic heterocycles. The monoisotopic (exact) mass is 290 g/mol. The number of hydrogen-bond donors (Lipinski definition) is 2. The third-order valence-electron chi connectivity index (χ3n) is 4.12. The maximum atomic E-state index is 12.4. The van der Waals surface area contributed by atoms with Crippen molar-refractivity contribution in [2.24, 2.45) is 5.73 Å². The van der Waals surface area contributed by atoms with E-state index < -0.39 is 5.54 Å². The van der Waals surface area contributed by atoms with Crippen LogP contribution in [0.1, 0.15) is 57.1 Å². The zero-order valence-electron chi connectivity index (χ0n) is 13.4. The molecule has 1 aromatic carbocycles. The van der Waals surface area contributed by atoms with E-state index in [9.17, 15) is 4.79 Å². The van der Waals surface area contributed by atoms with Gasteiger partial charge in [0.25, 0.3) is 0 Å². The van der Waals surface area contributed by atoms with Crippen molar-refractivity contribution in [2.75, 3.05) is 18.5 Å². The molecule has 1 saturated heterocycles. The van der Waals surface area contributed by atoms with E-state index in [1.165, 1.54) is 5.56 Å². The SMILES string of the molecule is CC(C)c1ccc(NC(=O)C2(N)CCOC2)c(C(C)C)c1. The van der Waals surface area contributed by atoms with Gasteiger partial charge in [-0.15, -0.1) is 0 Å². The fourth-order valence-corrected chi connectivity index (χ4v) is 2.54. The topological polar surface area (TPSA) is 64.4 Å². The molecule has 21 heavy (non-hydrogen) atoms. The number of carbonyl (C=O) groups excluding carboxylic acids is 1.